The molecule has 5 heterocycles. The molecule has 0 aliphatic carbocycles. The summed E-state index contributed by atoms with van der Waals surface area (Å²) >= 11 is 0. The Morgan fingerprint density at radius 1 is 0.278 bits per heavy atom. The molecular formula is C60H72N8O4. The van der Waals surface area contributed by atoms with E-state index in [0.29, 0.717) is 52.6 Å². The first-order chi connectivity index (χ1) is 35.0. The molecule has 0 spiro atoms. The highest BCUT2D eigenvalue weighted by molar-refractivity contribution is 5.57. The SMILES string of the molecule is CC1(c2ccc(OCCCN)cc2)c2ccc([nH]2)C(C)(c2ccc(OCCCN)cc2)c2ccc([nH]2)C(C)(c2ccc(OCCCN)cc2)c2ccc([nH]2)C(C)(c2ccc(OCCCN)cc2)c2ccc1[nH]2. The first-order valence-corrected chi connectivity index (χ1v) is 25.5. The van der Waals surface area contributed by atoms with E-state index in [-0.39, 0.29) is 0 Å². The van der Waals surface area contributed by atoms with Gasteiger partial charge in [0.05, 0.1) is 48.1 Å². The molecule has 0 fully saturated rings. The molecule has 1 aliphatic rings. The summed E-state index contributed by atoms with van der Waals surface area (Å²) in [5.41, 5.74) is 33.1. The van der Waals surface area contributed by atoms with Crippen molar-refractivity contribution >= 4 is 0 Å². The van der Waals surface area contributed by atoms with Crippen LogP contribution in [0.5, 0.6) is 23.0 Å². The van der Waals surface area contributed by atoms with Crippen molar-refractivity contribution in [2.45, 2.75) is 75.0 Å². The first-order valence-electron chi connectivity index (χ1n) is 25.5. The lowest BCUT2D eigenvalue weighted by Gasteiger charge is -2.34. The van der Waals surface area contributed by atoms with Crippen LogP contribution in [0.2, 0.25) is 0 Å². The lowest BCUT2D eigenvalue weighted by molar-refractivity contribution is 0.313. The fourth-order valence-electron chi connectivity index (χ4n) is 10.4. The average Bonchev–Trinajstić information content (AvgIpc) is 4.28. The van der Waals surface area contributed by atoms with Crippen LogP contribution in [0, 0.1) is 0 Å². The van der Waals surface area contributed by atoms with Crippen LogP contribution in [-0.2, 0) is 21.7 Å². The van der Waals surface area contributed by atoms with E-state index in [4.69, 9.17) is 41.9 Å². The Kier molecular flexibility index (Phi) is 14.9. The zero-order valence-corrected chi connectivity index (χ0v) is 42.3. The summed E-state index contributed by atoms with van der Waals surface area (Å²) < 4.78 is 24.5. The van der Waals surface area contributed by atoms with Gasteiger partial charge in [-0.1, -0.05) is 48.5 Å². The number of hydrogen-bond acceptors (Lipinski definition) is 8. The van der Waals surface area contributed by atoms with Gasteiger partial charge in [0.1, 0.15) is 23.0 Å². The van der Waals surface area contributed by atoms with Gasteiger partial charge >= 0.3 is 0 Å². The predicted octanol–water partition coefficient (Wildman–Crippen LogP) is 9.64. The van der Waals surface area contributed by atoms with Crippen molar-refractivity contribution in [1.82, 2.24) is 19.9 Å². The molecular weight excluding hydrogens is 897 g/mol. The minimum atomic E-state index is -0.687. The van der Waals surface area contributed by atoms with E-state index in [1.54, 1.807) is 0 Å². The third-order valence-electron chi connectivity index (χ3n) is 15.2. The lowest BCUT2D eigenvalue weighted by Crippen LogP contribution is -2.32. The molecule has 12 heteroatoms. The molecule has 0 amide bonds. The summed E-state index contributed by atoms with van der Waals surface area (Å²) in [6.07, 6.45) is 3.13. The molecule has 376 valence electrons. The fraction of sp³-hybridized carbons (Fsp3) is 0.333. The van der Waals surface area contributed by atoms with E-state index >= 15 is 0 Å². The number of rotatable bonds is 20. The van der Waals surface area contributed by atoms with Gasteiger partial charge in [-0.15, -0.1) is 0 Å². The maximum absolute atomic E-state index is 6.11. The second-order valence-electron chi connectivity index (χ2n) is 19.7. The van der Waals surface area contributed by atoms with Crippen LogP contribution in [0.1, 0.15) is 121 Å². The van der Waals surface area contributed by atoms with E-state index in [2.05, 4.69) is 193 Å². The fourth-order valence-corrected chi connectivity index (χ4v) is 10.4. The molecule has 0 atom stereocenters. The summed E-state index contributed by atoms with van der Waals surface area (Å²) in [7, 11) is 0. The van der Waals surface area contributed by atoms with Crippen LogP contribution in [0.15, 0.2) is 146 Å². The minimum absolute atomic E-state index is 0.558. The van der Waals surface area contributed by atoms with E-state index in [1.807, 2.05) is 0 Å². The van der Waals surface area contributed by atoms with Crippen LogP contribution >= 0.6 is 0 Å². The maximum Gasteiger partial charge on any atom is 0.119 e. The number of hydrogen-bond donors (Lipinski definition) is 8. The quantitative estimate of drug-likeness (QED) is 0.0345. The second-order valence-corrected chi connectivity index (χ2v) is 19.7. The Hall–Kier alpha value is -6.96. The Labute approximate surface area is 424 Å². The zero-order chi connectivity index (χ0) is 50.4. The van der Waals surface area contributed by atoms with Crippen molar-refractivity contribution < 1.29 is 18.9 Å². The highest BCUT2D eigenvalue weighted by atomic mass is 16.5. The van der Waals surface area contributed by atoms with Crippen molar-refractivity contribution in [3.05, 3.63) is 213 Å². The molecule has 72 heavy (non-hydrogen) atoms. The Morgan fingerprint density at radius 2 is 0.444 bits per heavy atom. The second kappa shape index (κ2) is 21.4. The third kappa shape index (κ3) is 9.36. The number of H-pyrrole nitrogens is 4. The smallest absolute Gasteiger partial charge is 0.119 e. The molecule has 8 aromatic rings. The van der Waals surface area contributed by atoms with Crippen molar-refractivity contribution in [2.75, 3.05) is 52.6 Å². The molecule has 0 saturated heterocycles. The van der Waals surface area contributed by atoms with Gasteiger partial charge < -0.3 is 61.8 Å². The van der Waals surface area contributed by atoms with Crippen LogP contribution < -0.4 is 41.9 Å². The van der Waals surface area contributed by atoms with Gasteiger partial charge in [-0.2, -0.15) is 0 Å². The van der Waals surface area contributed by atoms with Gasteiger partial charge in [0.2, 0.25) is 0 Å². The van der Waals surface area contributed by atoms with Crippen molar-refractivity contribution in [3.8, 4) is 23.0 Å². The Balaban J connectivity index is 1.27. The molecule has 8 bridgehead atoms. The summed E-state index contributed by atoms with van der Waals surface area (Å²) in [4.78, 5) is 16.3. The number of nitrogens with one attached hydrogen (secondary N) is 4. The Morgan fingerprint density at radius 3 is 0.597 bits per heavy atom. The third-order valence-corrected chi connectivity index (χ3v) is 15.2. The summed E-state index contributed by atoms with van der Waals surface area (Å²) in [5.74, 6) is 3.22. The minimum Gasteiger partial charge on any atom is -0.494 e. The van der Waals surface area contributed by atoms with E-state index < -0.39 is 21.7 Å². The maximum atomic E-state index is 6.11. The van der Waals surface area contributed by atoms with Gasteiger partial charge in [-0.3, -0.25) is 0 Å². The van der Waals surface area contributed by atoms with Crippen LogP contribution in [0.4, 0.5) is 0 Å². The monoisotopic (exact) mass is 969 g/mol. The van der Waals surface area contributed by atoms with E-state index in [9.17, 15) is 0 Å². The topological polar surface area (TPSA) is 204 Å². The number of nitrogens with two attached hydrogens (primary N) is 4. The average molecular weight is 969 g/mol. The zero-order valence-electron chi connectivity index (χ0n) is 42.3. The van der Waals surface area contributed by atoms with E-state index in [0.717, 1.165) is 116 Å². The number of benzene rings is 4. The predicted molar refractivity (Wildman–Crippen MR) is 288 cm³/mol. The molecule has 0 saturated carbocycles. The van der Waals surface area contributed by atoms with Crippen molar-refractivity contribution in [2.24, 2.45) is 22.9 Å². The number of ether oxygens (including phenoxy) is 4. The van der Waals surface area contributed by atoms with Crippen molar-refractivity contribution in [3.63, 3.8) is 0 Å². The normalized spacial score (nSPS) is 20.6. The first kappa shape index (κ1) is 50.0. The van der Waals surface area contributed by atoms with Gasteiger partial charge in [0.25, 0.3) is 0 Å². The summed E-state index contributed by atoms with van der Waals surface area (Å²) in [5, 5.41) is 0. The number of aromatic nitrogens is 4. The number of aromatic amines is 4. The van der Waals surface area contributed by atoms with Gasteiger partial charge in [-0.25, -0.2) is 0 Å². The molecule has 4 aromatic heterocycles. The molecule has 0 unspecified atom stereocenters. The number of fused-ring (bicyclic) bond motifs is 8. The van der Waals surface area contributed by atoms with Crippen LogP contribution in [0.25, 0.3) is 0 Å². The van der Waals surface area contributed by atoms with Gasteiger partial charge in [-0.05, 0) is 199 Å². The molecule has 12 N–H and O–H groups in total. The van der Waals surface area contributed by atoms with Crippen LogP contribution in [0.3, 0.4) is 0 Å². The summed E-state index contributed by atoms with van der Waals surface area (Å²) in [6.45, 7) is 13.7. The molecule has 0 radical (unpaired) electrons. The Bertz CT molecular complexity index is 2500. The largest absolute Gasteiger partial charge is 0.494 e. The highest BCUT2D eigenvalue weighted by Gasteiger charge is 2.44. The molecule has 12 nitrogen and oxygen atoms in total. The van der Waals surface area contributed by atoms with E-state index in [1.165, 1.54) is 0 Å². The lowest BCUT2D eigenvalue weighted by atomic mass is 9.76. The van der Waals surface area contributed by atoms with Crippen LogP contribution in [-0.4, -0.2) is 72.5 Å². The highest BCUT2D eigenvalue weighted by Crippen LogP contribution is 2.48. The van der Waals surface area contributed by atoms with Gasteiger partial charge in [0.15, 0.2) is 0 Å². The van der Waals surface area contributed by atoms with Gasteiger partial charge in [0, 0.05) is 45.6 Å². The molecule has 4 aromatic carbocycles. The molecule has 1 aliphatic heterocycles. The summed E-state index contributed by atoms with van der Waals surface area (Å²) in [6, 6.07) is 51.9. The molecule has 9 rings (SSSR count). The van der Waals surface area contributed by atoms with Crippen molar-refractivity contribution in [1.29, 1.82) is 0 Å². The standard InChI is InChI=1S/C60H72N8O4/c1-57(41-9-17-45(18-10-41)69-37-5-33-61)49-25-27-51(65-49)58(2,42-11-19-46(20-12-42)70-38-6-34-62)53-29-31-55(67-53)60(4,44-15-23-48(24-16-44)72-40-8-36-64)56-32-30-54(68-56)59(3,52-28-26-50(57)66-52)43-13-21-47(22-14-43)71-39-7-35-63/h9-32,65-68H,5-8,33-40,61-64H2,1-4H3.